The second kappa shape index (κ2) is 54.9. The zero-order valence-electron chi connectivity index (χ0n) is 41.5. The molecular formula is C55H110O4S. The van der Waals surface area contributed by atoms with Crippen LogP contribution >= 0.6 is 11.8 Å². The number of unbranched alkanes of at least 4 members (excludes halogenated alkanes) is 41. The Kier molecular flexibility index (Phi) is 54.6. The molecule has 0 aliphatic heterocycles. The Balaban J connectivity index is 4.07. The first-order chi connectivity index (χ1) is 29.7. The molecule has 0 radical (unpaired) electrons. The minimum absolute atomic E-state index is 0.110. The molecule has 0 fully saturated rings. The standard InChI is InChI=1S/C55H110O4S/c1-4-7-10-13-16-19-22-25-27-29-31-33-36-39-42-45-48-57-51-54(59-55(56)53-60-50-47-44-41-38-35-24-21-18-15-12-9-6-3)52-58-49-46-43-40-37-34-32-30-28-26-23-20-17-14-11-8-5-2/h54H,4-53H2,1-3H3. The van der Waals surface area contributed by atoms with Crippen LogP contribution < -0.4 is 0 Å². The fourth-order valence-corrected chi connectivity index (χ4v) is 9.26. The topological polar surface area (TPSA) is 44.8 Å². The predicted octanol–water partition coefficient (Wildman–Crippen LogP) is 18.9. The van der Waals surface area contributed by atoms with Crippen molar-refractivity contribution in [3.63, 3.8) is 0 Å². The molecule has 0 atom stereocenters. The second-order valence-electron chi connectivity index (χ2n) is 18.8. The molecule has 360 valence electrons. The Morgan fingerprint density at radius 3 is 0.833 bits per heavy atom. The summed E-state index contributed by atoms with van der Waals surface area (Å²) in [5, 5.41) is 0. The molecule has 0 saturated heterocycles. The lowest BCUT2D eigenvalue weighted by molar-refractivity contribution is -0.153. The monoisotopic (exact) mass is 867 g/mol. The summed E-state index contributed by atoms with van der Waals surface area (Å²) < 4.78 is 18.1. The van der Waals surface area contributed by atoms with Gasteiger partial charge in [-0.15, -0.1) is 0 Å². The fourth-order valence-electron chi connectivity index (χ4n) is 8.47. The Morgan fingerprint density at radius 2 is 0.567 bits per heavy atom. The first-order valence-electron chi connectivity index (χ1n) is 27.7. The minimum atomic E-state index is -0.299. The van der Waals surface area contributed by atoms with E-state index in [2.05, 4.69) is 20.8 Å². The van der Waals surface area contributed by atoms with E-state index in [1.807, 2.05) is 0 Å². The van der Waals surface area contributed by atoms with Crippen molar-refractivity contribution in [2.75, 3.05) is 37.9 Å². The first kappa shape index (κ1) is 59.7. The van der Waals surface area contributed by atoms with Crippen LogP contribution in [0.3, 0.4) is 0 Å². The van der Waals surface area contributed by atoms with Crippen molar-refractivity contribution in [3.05, 3.63) is 0 Å². The van der Waals surface area contributed by atoms with Crippen LogP contribution in [0.5, 0.6) is 0 Å². The molecule has 60 heavy (non-hydrogen) atoms. The maximum absolute atomic E-state index is 12.8. The van der Waals surface area contributed by atoms with Crippen LogP contribution in [-0.4, -0.2) is 50.0 Å². The van der Waals surface area contributed by atoms with E-state index < -0.39 is 0 Å². The summed E-state index contributed by atoms with van der Waals surface area (Å²) in [6.07, 6.45) is 60.1. The largest absolute Gasteiger partial charge is 0.457 e. The van der Waals surface area contributed by atoms with Gasteiger partial charge in [-0.1, -0.05) is 284 Å². The Labute approximate surface area is 382 Å². The summed E-state index contributed by atoms with van der Waals surface area (Å²) in [7, 11) is 0. The van der Waals surface area contributed by atoms with Crippen molar-refractivity contribution in [3.8, 4) is 0 Å². The highest BCUT2D eigenvalue weighted by Crippen LogP contribution is 2.17. The Morgan fingerprint density at radius 1 is 0.333 bits per heavy atom. The van der Waals surface area contributed by atoms with E-state index in [0.717, 1.165) is 31.8 Å². The second-order valence-corrected chi connectivity index (χ2v) is 19.9. The van der Waals surface area contributed by atoms with Crippen molar-refractivity contribution >= 4 is 17.7 Å². The zero-order chi connectivity index (χ0) is 43.3. The molecule has 0 heterocycles. The van der Waals surface area contributed by atoms with Crippen LogP contribution in [0, 0.1) is 0 Å². The molecule has 0 aromatic carbocycles. The molecule has 0 saturated carbocycles. The third-order valence-electron chi connectivity index (χ3n) is 12.6. The van der Waals surface area contributed by atoms with Crippen LogP contribution in [0.15, 0.2) is 0 Å². The SMILES string of the molecule is CCCCCCCCCCCCCCCCCCOCC(COCCCCCCCCCCCCCCCCCC)OC(=O)CSCCCCCCCCCCCCCC. The number of thioether (sulfide) groups is 1. The van der Waals surface area contributed by atoms with Gasteiger partial charge in [-0.3, -0.25) is 4.79 Å². The molecule has 0 aliphatic carbocycles. The average Bonchev–Trinajstić information content (AvgIpc) is 3.25. The number of carbonyl (C=O) groups is 1. The van der Waals surface area contributed by atoms with Gasteiger partial charge in [-0.05, 0) is 25.0 Å². The number of ether oxygens (including phenoxy) is 3. The maximum Gasteiger partial charge on any atom is 0.316 e. The van der Waals surface area contributed by atoms with Gasteiger partial charge in [0.2, 0.25) is 0 Å². The minimum Gasteiger partial charge on any atom is -0.457 e. The molecule has 0 spiro atoms. The van der Waals surface area contributed by atoms with E-state index >= 15 is 0 Å². The van der Waals surface area contributed by atoms with Crippen molar-refractivity contribution in [2.45, 2.75) is 309 Å². The molecule has 0 aliphatic rings. The lowest BCUT2D eigenvalue weighted by Gasteiger charge is -2.18. The van der Waals surface area contributed by atoms with Gasteiger partial charge < -0.3 is 14.2 Å². The zero-order valence-corrected chi connectivity index (χ0v) is 42.3. The van der Waals surface area contributed by atoms with E-state index in [1.165, 1.54) is 270 Å². The van der Waals surface area contributed by atoms with Gasteiger partial charge in [-0.2, -0.15) is 11.8 Å². The van der Waals surface area contributed by atoms with Crippen molar-refractivity contribution in [1.82, 2.24) is 0 Å². The Hall–Kier alpha value is -0.260. The number of esters is 1. The normalized spacial score (nSPS) is 11.7. The van der Waals surface area contributed by atoms with Crippen molar-refractivity contribution in [2.24, 2.45) is 0 Å². The van der Waals surface area contributed by atoms with Crippen molar-refractivity contribution < 1.29 is 19.0 Å². The van der Waals surface area contributed by atoms with Gasteiger partial charge >= 0.3 is 5.97 Å². The Bertz CT molecular complexity index is 738. The summed E-state index contributed by atoms with van der Waals surface area (Å²) in [6.45, 7) is 9.29. The van der Waals surface area contributed by atoms with Crippen molar-refractivity contribution in [1.29, 1.82) is 0 Å². The molecule has 0 aromatic rings. The quantitative estimate of drug-likeness (QED) is 0.0450. The first-order valence-corrected chi connectivity index (χ1v) is 28.8. The summed E-state index contributed by atoms with van der Waals surface area (Å²) in [5.74, 6) is 1.37. The van der Waals surface area contributed by atoms with Gasteiger partial charge in [-0.25, -0.2) is 0 Å². The highest BCUT2D eigenvalue weighted by atomic mass is 32.2. The van der Waals surface area contributed by atoms with E-state index in [9.17, 15) is 4.79 Å². The van der Waals surface area contributed by atoms with Gasteiger partial charge in [0.25, 0.3) is 0 Å². The van der Waals surface area contributed by atoms with Crippen LogP contribution in [-0.2, 0) is 19.0 Å². The number of rotatable bonds is 54. The third kappa shape index (κ3) is 52.1. The average molecular weight is 868 g/mol. The molecule has 5 heteroatoms. The molecule has 0 aromatic heterocycles. The lowest BCUT2D eigenvalue weighted by atomic mass is 10.0. The summed E-state index contributed by atoms with van der Waals surface area (Å²) in [5.41, 5.74) is 0. The van der Waals surface area contributed by atoms with Gasteiger partial charge in [0.15, 0.2) is 0 Å². The molecular weight excluding hydrogens is 757 g/mol. The van der Waals surface area contributed by atoms with Gasteiger partial charge in [0.05, 0.1) is 19.0 Å². The van der Waals surface area contributed by atoms with E-state index in [-0.39, 0.29) is 12.1 Å². The smallest absolute Gasteiger partial charge is 0.316 e. The third-order valence-corrected chi connectivity index (χ3v) is 13.6. The summed E-state index contributed by atoms with van der Waals surface area (Å²) >= 11 is 1.73. The molecule has 4 nitrogen and oxygen atoms in total. The molecule has 0 rings (SSSR count). The van der Waals surface area contributed by atoms with Gasteiger partial charge in [0.1, 0.15) is 6.10 Å². The highest BCUT2D eigenvalue weighted by Gasteiger charge is 2.16. The molecule has 0 N–H and O–H groups in total. The van der Waals surface area contributed by atoms with E-state index in [4.69, 9.17) is 14.2 Å². The van der Waals surface area contributed by atoms with Gasteiger partial charge in [0, 0.05) is 13.2 Å². The van der Waals surface area contributed by atoms with Crippen LogP contribution in [0.2, 0.25) is 0 Å². The van der Waals surface area contributed by atoms with E-state index in [0.29, 0.717) is 19.0 Å². The fraction of sp³-hybridized carbons (Fsp3) is 0.982. The number of hydrogen-bond acceptors (Lipinski definition) is 5. The summed E-state index contributed by atoms with van der Waals surface area (Å²) in [6, 6.07) is 0. The van der Waals surface area contributed by atoms with Crippen LogP contribution in [0.1, 0.15) is 303 Å². The highest BCUT2D eigenvalue weighted by molar-refractivity contribution is 7.99. The number of carbonyl (C=O) groups excluding carboxylic acids is 1. The predicted molar refractivity (Wildman–Crippen MR) is 269 cm³/mol. The lowest BCUT2D eigenvalue weighted by Crippen LogP contribution is -2.29. The van der Waals surface area contributed by atoms with Crippen LogP contribution in [0.25, 0.3) is 0 Å². The number of hydrogen-bond donors (Lipinski definition) is 0. The van der Waals surface area contributed by atoms with Crippen LogP contribution in [0.4, 0.5) is 0 Å². The molecule has 0 amide bonds. The van der Waals surface area contributed by atoms with E-state index in [1.54, 1.807) is 11.8 Å². The molecule has 0 unspecified atom stereocenters. The summed E-state index contributed by atoms with van der Waals surface area (Å²) in [4.78, 5) is 12.8. The molecule has 0 bridgehead atoms. The maximum atomic E-state index is 12.8.